The monoisotopic (exact) mass is 317 g/mol. The van der Waals surface area contributed by atoms with E-state index in [-0.39, 0.29) is 17.0 Å². The fraction of sp³-hybridized carbons (Fsp3) is 0.312. The summed E-state index contributed by atoms with van der Waals surface area (Å²) in [5.41, 5.74) is 1.69. The highest BCUT2D eigenvalue weighted by Gasteiger charge is 2.25. The number of pyridine rings is 2. The fourth-order valence-corrected chi connectivity index (χ4v) is 2.68. The van der Waals surface area contributed by atoms with Crippen LogP contribution in [-0.2, 0) is 20.0 Å². The van der Waals surface area contributed by atoms with E-state index in [2.05, 4.69) is 4.98 Å². The van der Waals surface area contributed by atoms with Gasteiger partial charge < -0.3 is 14.2 Å². The van der Waals surface area contributed by atoms with Gasteiger partial charge in [-0.1, -0.05) is 0 Å². The average Bonchev–Trinajstić information content (AvgIpc) is 2.55. The molecular weight excluding hydrogens is 301 g/mol. The first-order valence-corrected chi connectivity index (χ1v) is 7.17. The molecule has 3 rings (SSSR count). The molecule has 23 heavy (non-hydrogen) atoms. The van der Waals surface area contributed by atoms with Crippen LogP contribution >= 0.6 is 0 Å². The van der Waals surface area contributed by atoms with Crippen LogP contribution in [0.3, 0.4) is 0 Å². The van der Waals surface area contributed by atoms with E-state index in [0.29, 0.717) is 19.5 Å². The highest BCUT2D eigenvalue weighted by Crippen LogP contribution is 2.21. The second kappa shape index (κ2) is 5.83. The topological polar surface area (TPSA) is 64.4 Å². The fourth-order valence-electron chi connectivity index (χ4n) is 2.68. The predicted octanol–water partition coefficient (Wildman–Crippen LogP) is 1.13. The van der Waals surface area contributed by atoms with Gasteiger partial charge >= 0.3 is 0 Å². The molecule has 0 atom stereocenters. The normalized spacial score (nSPS) is 13.6. The number of carbonyl (C=O) groups excluding carboxylic acids is 1. The third-order valence-electron chi connectivity index (χ3n) is 3.98. The highest BCUT2D eigenvalue weighted by molar-refractivity contribution is 5.94. The number of nitrogens with zero attached hydrogens (tertiary/aromatic N) is 3. The van der Waals surface area contributed by atoms with E-state index in [1.54, 1.807) is 24.2 Å². The molecule has 0 spiro atoms. The van der Waals surface area contributed by atoms with Crippen molar-refractivity contribution in [3.8, 4) is 5.88 Å². The van der Waals surface area contributed by atoms with Crippen molar-refractivity contribution in [2.75, 3.05) is 13.7 Å². The summed E-state index contributed by atoms with van der Waals surface area (Å²) in [7, 11) is 3.07. The zero-order valence-corrected chi connectivity index (χ0v) is 12.9. The Hall–Kier alpha value is -2.70. The van der Waals surface area contributed by atoms with Crippen LogP contribution in [-0.4, -0.2) is 34.0 Å². The number of aryl methyl sites for hydroxylation is 1. The minimum Gasteiger partial charge on any atom is -0.481 e. The smallest absolute Gasteiger partial charge is 0.257 e. The van der Waals surface area contributed by atoms with Crippen LogP contribution in [0.15, 0.2) is 29.3 Å². The number of fused-ring (bicyclic) bond motifs is 1. The SMILES string of the molecule is COc1cc(C(=O)N2CCc3cc(=O)n(C)cc3C2)c(F)cn1. The van der Waals surface area contributed by atoms with Crippen LogP contribution in [0.1, 0.15) is 21.5 Å². The molecule has 0 aromatic carbocycles. The molecule has 1 aliphatic rings. The van der Waals surface area contributed by atoms with Crippen molar-refractivity contribution in [2.24, 2.45) is 7.05 Å². The number of hydrogen-bond acceptors (Lipinski definition) is 4. The third-order valence-corrected chi connectivity index (χ3v) is 3.98. The van der Waals surface area contributed by atoms with Crippen molar-refractivity contribution in [2.45, 2.75) is 13.0 Å². The lowest BCUT2D eigenvalue weighted by Crippen LogP contribution is -2.37. The molecule has 6 nitrogen and oxygen atoms in total. The Morgan fingerprint density at radius 1 is 1.35 bits per heavy atom. The van der Waals surface area contributed by atoms with Gasteiger partial charge in [0.15, 0.2) is 5.82 Å². The zero-order valence-electron chi connectivity index (χ0n) is 12.9. The van der Waals surface area contributed by atoms with E-state index < -0.39 is 11.7 Å². The maximum Gasteiger partial charge on any atom is 0.257 e. The van der Waals surface area contributed by atoms with Gasteiger partial charge in [0.25, 0.3) is 11.5 Å². The number of ether oxygens (including phenoxy) is 1. The Bertz CT molecular complexity index is 832. The Kier molecular flexibility index (Phi) is 3.85. The maximum atomic E-state index is 13.9. The third kappa shape index (κ3) is 2.81. The summed E-state index contributed by atoms with van der Waals surface area (Å²) in [6.07, 6.45) is 3.27. The molecule has 7 heteroatoms. The van der Waals surface area contributed by atoms with Crippen molar-refractivity contribution in [1.82, 2.24) is 14.5 Å². The van der Waals surface area contributed by atoms with Gasteiger partial charge in [-0.25, -0.2) is 9.37 Å². The zero-order chi connectivity index (χ0) is 16.6. The summed E-state index contributed by atoms with van der Waals surface area (Å²) in [5, 5.41) is 0. The molecule has 0 N–H and O–H groups in total. The molecule has 1 aliphatic heterocycles. The lowest BCUT2D eigenvalue weighted by atomic mass is 10.0. The molecule has 0 fully saturated rings. The van der Waals surface area contributed by atoms with Crippen molar-refractivity contribution in [3.05, 3.63) is 57.4 Å². The molecule has 0 saturated carbocycles. The molecule has 120 valence electrons. The first-order chi connectivity index (χ1) is 11.0. The Balaban J connectivity index is 1.90. The number of methoxy groups -OCH3 is 1. The van der Waals surface area contributed by atoms with Gasteiger partial charge in [-0.2, -0.15) is 0 Å². The molecule has 1 amide bonds. The van der Waals surface area contributed by atoms with E-state index in [4.69, 9.17) is 4.74 Å². The average molecular weight is 317 g/mol. The number of amides is 1. The van der Waals surface area contributed by atoms with Crippen molar-refractivity contribution < 1.29 is 13.9 Å². The van der Waals surface area contributed by atoms with Gasteiger partial charge in [0.1, 0.15) is 0 Å². The predicted molar refractivity (Wildman–Crippen MR) is 80.9 cm³/mol. The standard InChI is InChI=1S/C16H16FN3O3/c1-19-8-11-9-20(4-3-10(11)5-15(19)21)16(22)12-6-14(23-2)18-7-13(12)17/h5-8H,3-4,9H2,1-2H3. The lowest BCUT2D eigenvalue weighted by Gasteiger charge is -2.29. The maximum absolute atomic E-state index is 13.9. The summed E-state index contributed by atoms with van der Waals surface area (Å²) >= 11 is 0. The summed E-state index contributed by atoms with van der Waals surface area (Å²) in [5.74, 6) is -0.903. The molecule has 2 aromatic heterocycles. The number of hydrogen-bond donors (Lipinski definition) is 0. The second-order valence-corrected chi connectivity index (χ2v) is 5.46. The van der Waals surface area contributed by atoms with Crippen LogP contribution in [0.2, 0.25) is 0 Å². The molecule has 0 saturated heterocycles. The lowest BCUT2D eigenvalue weighted by molar-refractivity contribution is 0.0728. The van der Waals surface area contributed by atoms with Crippen molar-refractivity contribution in [1.29, 1.82) is 0 Å². The molecule has 2 aromatic rings. The Morgan fingerprint density at radius 3 is 2.87 bits per heavy atom. The molecule has 0 aliphatic carbocycles. The van der Waals surface area contributed by atoms with Gasteiger partial charge in [-0.3, -0.25) is 9.59 Å². The van der Waals surface area contributed by atoms with Gasteiger partial charge in [-0.15, -0.1) is 0 Å². The van der Waals surface area contributed by atoms with Crippen LogP contribution in [0.25, 0.3) is 0 Å². The first kappa shape index (κ1) is 15.2. The molecule has 3 heterocycles. The van der Waals surface area contributed by atoms with Crippen LogP contribution < -0.4 is 10.3 Å². The van der Waals surface area contributed by atoms with E-state index in [1.165, 1.54) is 17.7 Å². The van der Waals surface area contributed by atoms with Gasteiger partial charge in [0.05, 0.1) is 18.9 Å². The summed E-state index contributed by atoms with van der Waals surface area (Å²) in [6, 6.07) is 2.89. The summed E-state index contributed by atoms with van der Waals surface area (Å²) < 4.78 is 20.3. The van der Waals surface area contributed by atoms with Gasteiger partial charge in [0.2, 0.25) is 5.88 Å². The number of aromatic nitrogens is 2. The largest absolute Gasteiger partial charge is 0.481 e. The van der Waals surface area contributed by atoms with Crippen LogP contribution in [0, 0.1) is 5.82 Å². The van der Waals surface area contributed by atoms with E-state index in [1.807, 2.05) is 0 Å². The molecule has 0 bridgehead atoms. The Labute approximate surface area is 132 Å². The minimum absolute atomic E-state index is 0.0647. The van der Waals surface area contributed by atoms with Crippen LogP contribution in [0.5, 0.6) is 5.88 Å². The number of rotatable bonds is 2. The quantitative estimate of drug-likeness (QED) is 0.833. The molecule has 0 radical (unpaired) electrons. The van der Waals surface area contributed by atoms with Crippen LogP contribution in [0.4, 0.5) is 4.39 Å². The summed E-state index contributed by atoms with van der Waals surface area (Å²) in [4.78, 5) is 29.5. The minimum atomic E-state index is -0.679. The number of halogens is 1. The van der Waals surface area contributed by atoms with Gasteiger partial charge in [-0.05, 0) is 17.5 Å². The van der Waals surface area contributed by atoms with E-state index in [9.17, 15) is 14.0 Å². The van der Waals surface area contributed by atoms with E-state index >= 15 is 0 Å². The van der Waals surface area contributed by atoms with Crippen molar-refractivity contribution >= 4 is 5.91 Å². The second-order valence-electron chi connectivity index (χ2n) is 5.46. The van der Waals surface area contributed by atoms with Crippen molar-refractivity contribution in [3.63, 3.8) is 0 Å². The van der Waals surface area contributed by atoms with E-state index in [0.717, 1.165) is 17.3 Å². The molecule has 0 unspecified atom stereocenters. The Morgan fingerprint density at radius 2 is 2.13 bits per heavy atom. The number of carbonyl (C=O) groups is 1. The summed E-state index contributed by atoms with van der Waals surface area (Å²) in [6.45, 7) is 0.773. The molecular formula is C16H16FN3O3. The first-order valence-electron chi connectivity index (χ1n) is 7.17. The van der Waals surface area contributed by atoms with Gasteiger partial charge in [0, 0.05) is 38.5 Å². The highest BCUT2D eigenvalue weighted by atomic mass is 19.1.